The van der Waals surface area contributed by atoms with E-state index in [1.165, 1.54) is 0 Å². The van der Waals surface area contributed by atoms with Crippen molar-refractivity contribution in [3.63, 3.8) is 0 Å². The molecule has 0 amide bonds. The lowest BCUT2D eigenvalue weighted by Gasteiger charge is -2.20. The van der Waals surface area contributed by atoms with Crippen molar-refractivity contribution in [1.82, 2.24) is 0 Å². The minimum Gasteiger partial charge on any atom is -0.114 e. The van der Waals surface area contributed by atoms with E-state index in [9.17, 15) is 0 Å². The van der Waals surface area contributed by atoms with E-state index in [1.54, 1.807) is 6.08 Å². The molecule has 11 heavy (non-hydrogen) atoms. The van der Waals surface area contributed by atoms with Gasteiger partial charge in [0, 0.05) is 0 Å². The van der Waals surface area contributed by atoms with Gasteiger partial charge in [-0.15, -0.1) is 18.2 Å². The highest BCUT2D eigenvalue weighted by molar-refractivity contribution is 6.23. The minimum atomic E-state index is -0.0765. The molecule has 0 rings (SSSR count). The summed E-state index contributed by atoms with van der Waals surface area (Å²) in [7, 11) is 0. The van der Waals surface area contributed by atoms with Crippen molar-refractivity contribution in [2.75, 3.05) is 0 Å². The Labute approximate surface area is 74.9 Å². The van der Waals surface area contributed by atoms with E-state index in [0.29, 0.717) is 11.8 Å². The molecule has 0 bridgehead atoms. The molecule has 0 fully saturated rings. The van der Waals surface area contributed by atoms with Crippen LogP contribution in [0.15, 0.2) is 24.8 Å². The van der Waals surface area contributed by atoms with Crippen LogP contribution in [0, 0.1) is 11.8 Å². The maximum absolute atomic E-state index is 5.94. The van der Waals surface area contributed by atoms with E-state index in [0.717, 1.165) is 5.57 Å². The second-order valence-electron chi connectivity index (χ2n) is 3.25. The number of rotatable bonds is 4. The summed E-state index contributed by atoms with van der Waals surface area (Å²) in [5.41, 5.74) is 1.07. The smallest absolute Gasteiger partial charge is 0.0723 e. The Morgan fingerprint density at radius 1 is 1.36 bits per heavy atom. The molecule has 0 aliphatic carbocycles. The Hall–Kier alpha value is -0.230. The molecule has 0 aliphatic rings. The van der Waals surface area contributed by atoms with Crippen molar-refractivity contribution in [3.8, 4) is 0 Å². The summed E-state index contributed by atoms with van der Waals surface area (Å²) >= 11 is 5.94. The first-order valence-corrected chi connectivity index (χ1v) is 4.39. The third-order valence-corrected chi connectivity index (χ3v) is 2.60. The zero-order valence-electron chi connectivity index (χ0n) is 7.60. The Morgan fingerprint density at radius 3 is 2.09 bits per heavy atom. The normalized spacial score (nSPS) is 16.1. The molecule has 64 valence electrons. The molecule has 2 atom stereocenters. The van der Waals surface area contributed by atoms with Gasteiger partial charge < -0.3 is 0 Å². The van der Waals surface area contributed by atoms with Crippen molar-refractivity contribution in [3.05, 3.63) is 24.8 Å². The summed E-state index contributed by atoms with van der Waals surface area (Å²) in [6.45, 7) is 14.1. The number of alkyl halides is 1. The maximum atomic E-state index is 5.94. The van der Waals surface area contributed by atoms with E-state index in [4.69, 9.17) is 11.6 Å². The van der Waals surface area contributed by atoms with Gasteiger partial charge in [0.1, 0.15) is 0 Å². The van der Waals surface area contributed by atoms with Gasteiger partial charge in [-0.1, -0.05) is 39.0 Å². The Balaban J connectivity index is 4.12. The molecule has 0 aromatic carbocycles. The lowest BCUT2D eigenvalue weighted by atomic mass is 9.89. The van der Waals surface area contributed by atoms with Crippen LogP contribution in [0.2, 0.25) is 0 Å². The molecule has 0 spiro atoms. The average Bonchev–Trinajstić information content (AvgIpc) is 2.00. The van der Waals surface area contributed by atoms with Gasteiger partial charge >= 0.3 is 0 Å². The van der Waals surface area contributed by atoms with Crippen LogP contribution in [0.25, 0.3) is 0 Å². The van der Waals surface area contributed by atoms with E-state index >= 15 is 0 Å². The number of hydrogen-bond donors (Lipinski definition) is 0. The second-order valence-corrected chi connectivity index (χ2v) is 3.72. The van der Waals surface area contributed by atoms with Gasteiger partial charge in [0.25, 0.3) is 0 Å². The number of halogens is 1. The molecule has 0 aromatic heterocycles. The highest BCUT2D eigenvalue weighted by Crippen LogP contribution is 2.24. The largest absolute Gasteiger partial charge is 0.114 e. The third kappa shape index (κ3) is 3.11. The van der Waals surface area contributed by atoms with Gasteiger partial charge in [0.15, 0.2) is 0 Å². The molecule has 0 saturated carbocycles. The van der Waals surface area contributed by atoms with Crippen molar-refractivity contribution in [2.45, 2.75) is 26.1 Å². The van der Waals surface area contributed by atoms with Crippen LogP contribution in [-0.2, 0) is 0 Å². The Bertz CT molecular complexity index is 147. The molecule has 0 nitrogen and oxygen atoms in total. The molecule has 0 heterocycles. The molecule has 0 radical (unpaired) electrons. The summed E-state index contributed by atoms with van der Waals surface area (Å²) in [5.74, 6) is 1.07. The predicted octanol–water partition coefficient (Wildman–Crippen LogP) is 3.63. The van der Waals surface area contributed by atoms with E-state index in [2.05, 4.69) is 33.9 Å². The number of allylic oxidation sites excluding steroid dienone is 2. The standard InChI is InChI=1S/C10H17Cl/c1-6-10(11)9(5)8(4)7(2)3/h6-8,10H,1,5H2,2-4H3/t8-,10?/m1/s1. The lowest BCUT2D eigenvalue weighted by Crippen LogP contribution is -2.12. The average molecular weight is 173 g/mol. The number of hydrogen-bond acceptors (Lipinski definition) is 0. The first kappa shape index (κ1) is 10.8. The summed E-state index contributed by atoms with van der Waals surface area (Å²) < 4.78 is 0. The van der Waals surface area contributed by atoms with Crippen molar-refractivity contribution in [1.29, 1.82) is 0 Å². The quantitative estimate of drug-likeness (QED) is 0.449. The molecule has 0 aromatic rings. The molecular formula is C10H17Cl. The monoisotopic (exact) mass is 172 g/mol. The first-order chi connectivity index (χ1) is 5.00. The van der Waals surface area contributed by atoms with Crippen LogP contribution in [0.4, 0.5) is 0 Å². The summed E-state index contributed by atoms with van der Waals surface area (Å²) in [4.78, 5) is 0. The van der Waals surface area contributed by atoms with Gasteiger partial charge in [-0.25, -0.2) is 0 Å². The summed E-state index contributed by atoms with van der Waals surface area (Å²) in [6, 6.07) is 0. The van der Waals surface area contributed by atoms with Gasteiger partial charge in [0.2, 0.25) is 0 Å². The third-order valence-electron chi connectivity index (χ3n) is 2.15. The zero-order chi connectivity index (χ0) is 9.02. The topological polar surface area (TPSA) is 0 Å². The van der Waals surface area contributed by atoms with Gasteiger partial charge in [0.05, 0.1) is 5.38 Å². The molecule has 1 unspecified atom stereocenters. The van der Waals surface area contributed by atoms with Crippen molar-refractivity contribution < 1.29 is 0 Å². The van der Waals surface area contributed by atoms with E-state index in [1.807, 2.05) is 0 Å². The zero-order valence-corrected chi connectivity index (χ0v) is 8.36. The molecule has 0 N–H and O–H groups in total. The van der Waals surface area contributed by atoms with Crippen LogP contribution in [-0.4, -0.2) is 5.38 Å². The van der Waals surface area contributed by atoms with E-state index < -0.39 is 0 Å². The highest BCUT2D eigenvalue weighted by Gasteiger charge is 2.15. The Morgan fingerprint density at radius 2 is 1.82 bits per heavy atom. The van der Waals surface area contributed by atoms with Crippen LogP contribution in [0.3, 0.4) is 0 Å². The molecule has 1 heteroatoms. The van der Waals surface area contributed by atoms with Gasteiger partial charge in [-0.05, 0) is 11.8 Å². The molecular weight excluding hydrogens is 156 g/mol. The second kappa shape index (κ2) is 4.61. The highest BCUT2D eigenvalue weighted by atomic mass is 35.5. The van der Waals surface area contributed by atoms with Crippen LogP contribution >= 0.6 is 11.6 Å². The molecule has 0 aliphatic heterocycles. The molecule has 0 saturated heterocycles. The van der Waals surface area contributed by atoms with Crippen LogP contribution < -0.4 is 0 Å². The lowest BCUT2D eigenvalue weighted by molar-refractivity contribution is 0.476. The fourth-order valence-electron chi connectivity index (χ4n) is 0.831. The van der Waals surface area contributed by atoms with Crippen LogP contribution in [0.1, 0.15) is 20.8 Å². The SMILES string of the molecule is C=CC(Cl)C(=C)[C@H](C)C(C)C. The van der Waals surface area contributed by atoms with Gasteiger partial charge in [-0.3, -0.25) is 0 Å². The van der Waals surface area contributed by atoms with Crippen LogP contribution in [0.5, 0.6) is 0 Å². The predicted molar refractivity (Wildman–Crippen MR) is 53.0 cm³/mol. The minimum absolute atomic E-state index is 0.0765. The van der Waals surface area contributed by atoms with Crippen molar-refractivity contribution >= 4 is 11.6 Å². The van der Waals surface area contributed by atoms with Gasteiger partial charge in [-0.2, -0.15) is 0 Å². The fraction of sp³-hybridized carbons (Fsp3) is 0.600. The van der Waals surface area contributed by atoms with Crippen molar-refractivity contribution in [2.24, 2.45) is 11.8 Å². The maximum Gasteiger partial charge on any atom is 0.0723 e. The summed E-state index contributed by atoms with van der Waals surface area (Å²) in [6.07, 6.45) is 1.72. The fourth-order valence-corrected chi connectivity index (χ4v) is 1.03. The summed E-state index contributed by atoms with van der Waals surface area (Å²) in [5, 5.41) is -0.0765. The Kier molecular flexibility index (Phi) is 4.51. The van der Waals surface area contributed by atoms with E-state index in [-0.39, 0.29) is 5.38 Å². The first-order valence-electron chi connectivity index (χ1n) is 3.96.